The molecule has 9 heavy (non-hydrogen) atoms. The first kappa shape index (κ1) is 7.22. The van der Waals surface area contributed by atoms with Crippen molar-refractivity contribution in [3.8, 4) is 0 Å². The van der Waals surface area contributed by atoms with Crippen molar-refractivity contribution in [3.63, 3.8) is 0 Å². The second-order valence-corrected chi connectivity index (χ2v) is 4.69. The molecule has 3 heteroatoms. The number of rotatable bonds is 1. The summed E-state index contributed by atoms with van der Waals surface area (Å²) in [5, 5.41) is 3.22. The highest BCUT2D eigenvalue weighted by molar-refractivity contribution is 7.85. The zero-order valence-electron chi connectivity index (χ0n) is 6.27. The lowest BCUT2D eigenvalue weighted by atomic mass is 9.97. The average molecular weight is 146 g/mol. The van der Waals surface area contributed by atoms with E-state index in [1.807, 2.05) is 0 Å². The normalized spacial score (nSPS) is 23.6. The fourth-order valence-electron chi connectivity index (χ4n) is 0.992. The van der Waals surface area contributed by atoms with Crippen LogP contribution in [0.3, 0.4) is 0 Å². The van der Waals surface area contributed by atoms with Crippen LogP contribution in [0.25, 0.3) is 0 Å². The van der Waals surface area contributed by atoms with Gasteiger partial charge in [0, 0.05) is 13.1 Å². The van der Waals surface area contributed by atoms with Crippen LogP contribution in [0.4, 0.5) is 0 Å². The minimum Gasteiger partial charge on any atom is -0.312 e. The van der Waals surface area contributed by atoms with Gasteiger partial charge >= 0.3 is 0 Å². The summed E-state index contributed by atoms with van der Waals surface area (Å²) in [6.45, 7) is 4.34. The summed E-state index contributed by atoms with van der Waals surface area (Å²) in [6, 6.07) is 0. The van der Waals surface area contributed by atoms with Crippen LogP contribution in [0, 0.1) is 0 Å². The maximum Gasteiger partial charge on any atom is 0.0895 e. The van der Waals surface area contributed by atoms with E-state index in [0.29, 0.717) is 0 Å². The van der Waals surface area contributed by atoms with E-state index in [2.05, 4.69) is 29.1 Å². The quantitative estimate of drug-likeness (QED) is 0.569. The molecule has 0 bridgehead atoms. The van der Waals surface area contributed by atoms with Crippen LogP contribution in [0.5, 0.6) is 0 Å². The van der Waals surface area contributed by atoms with Crippen LogP contribution in [0.15, 0.2) is 4.36 Å². The monoisotopic (exact) mass is 146 g/mol. The van der Waals surface area contributed by atoms with Crippen molar-refractivity contribution in [2.75, 3.05) is 25.6 Å². The summed E-state index contributed by atoms with van der Waals surface area (Å²) in [7, 11) is 0.251. The molecule has 1 aliphatic heterocycles. The van der Waals surface area contributed by atoms with Crippen LogP contribution in [-0.4, -0.2) is 31.1 Å². The molecule has 0 aromatic rings. The van der Waals surface area contributed by atoms with E-state index in [4.69, 9.17) is 0 Å². The van der Waals surface area contributed by atoms with Crippen LogP contribution in [0.2, 0.25) is 0 Å². The van der Waals surface area contributed by atoms with Gasteiger partial charge in [-0.3, -0.25) is 4.36 Å². The van der Waals surface area contributed by atoms with Crippen molar-refractivity contribution in [2.45, 2.75) is 12.5 Å². The van der Waals surface area contributed by atoms with Gasteiger partial charge < -0.3 is 5.32 Å². The van der Waals surface area contributed by atoms with E-state index >= 15 is 0 Å². The Hall–Kier alpha value is 0.110. The maximum atomic E-state index is 4.58. The predicted octanol–water partition coefficient (Wildman–Crippen LogP) is 0.410. The molecule has 1 N–H and O–H groups in total. The number of hydrogen-bond acceptors (Lipinski definition) is 2. The molecule has 54 valence electrons. The van der Waals surface area contributed by atoms with Crippen molar-refractivity contribution in [2.24, 2.45) is 4.36 Å². The zero-order valence-corrected chi connectivity index (χ0v) is 7.09. The summed E-state index contributed by atoms with van der Waals surface area (Å²) in [6.07, 6.45) is 4.31. The fraction of sp³-hybridized carbons (Fsp3) is 1.00. The minimum atomic E-state index is 0.251. The molecule has 0 spiro atoms. The molecule has 0 aromatic carbocycles. The van der Waals surface area contributed by atoms with Crippen LogP contribution in [-0.2, 0) is 10.7 Å². The molecule has 1 aliphatic rings. The first-order chi connectivity index (χ1) is 4.12. The van der Waals surface area contributed by atoms with Crippen LogP contribution >= 0.6 is 0 Å². The minimum absolute atomic E-state index is 0.251. The summed E-state index contributed by atoms with van der Waals surface area (Å²) in [5.74, 6) is 0. The van der Waals surface area contributed by atoms with Crippen molar-refractivity contribution < 1.29 is 0 Å². The van der Waals surface area contributed by atoms with Gasteiger partial charge in [0.05, 0.1) is 5.54 Å². The van der Waals surface area contributed by atoms with Crippen molar-refractivity contribution in [3.05, 3.63) is 0 Å². The van der Waals surface area contributed by atoms with Crippen molar-refractivity contribution in [1.29, 1.82) is 0 Å². The molecule has 1 rings (SSSR count). The molecule has 0 radical (unpaired) electrons. The third kappa shape index (κ3) is 1.76. The molecule has 0 saturated carbocycles. The Morgan fingerprint density at radius 3 is 2.11 bits per heavy atom. The predicted molar refractivity (Wildman–Crippen MR) is 42.9 cm³/mol. The first-order valence-electron chi connectivity index (χ1n) is 3.14. The number of nitrogens with one attached hydrogen (secondary N) is 1. The molecule has 0 atom stereocenters. The number of hydrogen-bond donors (Lipinski definition) is 1. The first-order valence-corrected chi connectivity index (χ1v) is 5.14. The van der Waals surface area contributed by atoms with Gasteiger partial charge in [-0.2, -0.15) is 0 Å². The van der Waals surface area contributed by atoms with Gasteiger partial charge in [-0.25, -0.2) is 0 Å². The highest BCUT2D eigenvalue weighted by Crippen LogP contribution is 2.15. The van der Waals surface area contributed by atoms with E-state index in [1.165, 1.54) is 0 Å². The van der Waals surface area contributed by atoms with Gasteiger partial charge in [-0.05, 0) is 19.4 Å². The maximum absolute atomic E-state index is 4.58. The Morgan fingerprint density at radius 2 is 2.00 bits per heavy atom. The summed E-state index contributed by atoms with van der Waals surface area (Å²) < 4.78 is 4.58. The lowest BCUT2D eigenvalue weighted by Crippen LogP contribution is -2.56. The van der Waals surface area contributed by atoms with Crippen LogP contribution in [0.1, 0.15) is 6.92 Å². The molecule has 0 aromatic heterocycles. The summed E-state index contributed by atoms with van der Waals surface area (Å²) in [5.41, 5.74) is 0.270. The summed E-state index contributed by atoms with van der Waals surface area (Å²) >= 11 is 0. The highest BCUT2D eigenvalue weighted by Gasteiger charge is 2.30. The molecule has 1 saturated heterocycles. The standard InChI is InChI=1S/C6H14N2S/c1-6(4-7-5-6)8-9(2)3/h7H,4-5H2,1-3H3. The largest absolute Gasteiger partial charge is 0.312 e. The summed E-state index contributed by atoms with van der Waals surface area (Å²) in [4.78, 5) is 0. The van der Waals surface area contributed by atoms with Gasteiger partial charge in [-0.1, -0.05) is 0 Å². The third-order valence-corrected chi connectivity index (χ3v) is 2.22. The molecule has 0 amide bonds. The Bertz CT molecular complexity index is 134. The smallest absolute Gasteiger partial charge is 0.0895 e. The second kappa shape index (κ2) is 2.39. The zero-order chi connectivity index (χ0) is 6.91. The Morgan fingerprint density at radius 1 is 1.44 bits per heavy atom. The van der Waals surface area contributed by atoms with Gasteiger partial charge in [-0.15, -0.1) is 10.7 Å². The Labute approximate surface area is 59.1 Å². The van der Waals surface area contributed by atoms with Crippen molar-refractivity contribution in [1.82, 2.24) is 5.32 Å². The van der Waals surface area contributed by atoms with E-state index in [-0.39, 0.29) is 16.2 Å². The lowest BCUT2D eigenvalue weighted by molar-refractivity contribution is 0.316. The van der Waals surface area contributed by atoms with Gasteiger partial charge in [0.2, 0.25) is 0 Å². The molecule has 1 fully saturated rings. The average Bonchev–Trinajstić information content (AvgIpc) is 1.60. The van der Waals surface area contributed by atoms with Gasteiger partial charge in [0.1, 0.15) is 0 Å². The fourth-order valence-corrected chi connectivity index (χ4v) is 2.00. The van der Waals surface area contributed by atoms with Gasteiger partial charge in [0.15, 0.2) is 0 Å². The van der Waals surface area contributed by atoms with E-state index < -0.39 is 0 Å². The molecule has 0 aliphatic carbocycles. The molecule has 0 unspecified atom stereocenters. The SMILES string of the molecule is CS(C)=NC1(C)CNC1. The van der Waals surface area contributed by atoms with Crippen LogP contribution < -0.4 is 5.32 Å². The Kier molecular flexibility index (Phi) is 1.91. The third-order valence-electron chi connectivity index (χ3n) is 1.41. The molecular formula is C6H14N2S. The highest BCUT2D eigenvalue weighted by atomic mass is 32.2. The molecule has 1 heterocycles. The number of nitrogens with zero attached hydrogens (tertiary/aromatic N) is 1. The molecule has 2 nitrogen and oxygen atoms in total. The van der Waals surface area contributed by atoms with Gasteiger partial charge in [0.25, 0.3) is 0 Å². The topological polar surface area (TPSA) is 24.4 Å². The Balaban J connectivity index is 2.51. The van der Waals surface area contributed by atoms with E-state index in [1.54, 1.807) is 0 Å². The lowest BCUT2D eigenvalue weighted by Gasteiger charge is -2.35. The van der Waals surface area contributed by atoms with E-state index in [9.17, 15) is 0 Å². The van der Waals surface area contributed by atoms with E-state index in [0.717, 1.165) is 13.1 Å². The van der Waals surface area contributed by atoms with Crippen molar-refractivity contribution >= 4 is 10.7 Å². The molecular weight excluding hydrogens is 132 g/mol. The second-order valence-electron chi connectivity index (χ2n) is 2.97.